The average molecular weight is 344 g/mol. The minimum absolute atomic E-state index is 0.200. The molecule has 0 aliphatic carbocycles. The maximum Gasteiger partial charge on any atom is 0.279 e. The van der Waals surface area contributed by atoms with Crippen molar-refractivity contribution >= 4 is 17.7 Å². The van der Waals surface area contributed by atoms with Crippen molar-refractivity contribution in [2.75, 3.05) is 0 Å². The van der Waals surface area contributed by atoms with Crippen LogP contribution in [0.3, 0.4) is 0 Å². The molecular formula is C18H20N2O5. The molecule has 1 aromatic carbocycles. The molecule has 132 valence electrons. The first-order valence-electron chi connectivity index (χ1n) is 8.53. The number of imide groups is 1. The Morgan fingerprint density at radius 2 is 1.88 bits per heavy atom. The number of nitrogens with one attached hydrogen (secondary N) is 1. The normalized spacial score (nSPS) is 31.2. The van der Waals surface area contributed by atoms with Crippen molar-refractivity contribution in [3.8, 4) is 5.75 Å². The van der Waals surface area contributed by atoms with Gasteiger partial charge in [0.05, 0.1) is 24.0 Å². The van der Waals surface area contributed by atoms with Gasteiger partial charge >= 0.3 is 0 Å². The average Bonchev–Trinajstić information content (AvgIpc) is 3.24. The monoisotopic (exact) mass is 344 g/mol. The van der Waals surface area contributed by atoms with Gasteiger partial charge in [-0.3, -0.25) is 19.8 Å². The van der Waals surface area contributed by atoms with E-state index in [4.69, 9.17) is 9.47 Å². The molecule has 4 rings (SSSR count). The Balaban J connectivity index is 1.42. The second-order valence-corrected chi connectivity index (χ2v) is 6.91. The van der Waals surface area contributed by atoms with Crippen LogP contribution in [-0.2, 0) is 19.1 Å². The third-order valence-corrected chi connectivity index (χ3v) is 5.18. The standard InChI is InChI=1S/C18H20N2O5/c1-9-4-3-5-11(8-9)24-10(2)16(21)19-20-17(22)14-12-6-7-13(25-12)15(14)18(20)23/h3-5,8,10,12-15H,6-7H2,1-2H3,(H,19,21)/t10-,12-,13-,14-,15-/m0/s1. The maximum absolute atomic E-state index is 12.5. The number of amides is 3. The van der Waals surface area contributed by atoms with E-state index in [9.17, 15) is 14.4 Å². The number of carbonyl (C=O) groups is 3. The van der Waals surface area contributed by atoms with Gasteiger partial charge in [-0.2, -0.15) is 5.01 Å². The molecule has 7 heteroatoms. The van der Waals surface area contributed by atoms with Crippen LogP contribution in [0.4, 0.5) is 0 Å². The molecule has 2 bridgehead atoms. The smallest absolute Gasteiger partial charge is 0.279 e. The van der Waals surface area contributed by atoms with Crippen LogP contribution in [0, 0.1) is 18.8 Å². The van der Waals surface area contributed by atoms with Crippen molar-refractivity contribution in [1.29, 1.82) is 0 Å². The summed E-state index contributed by atoms with van der Waals surface area (Å²) in [5, 5.41) is 0.863. The summed E-state index contributed by atoms with van der Waals surface area (Å²) in [6.07, 6.45) is 0.346. The quantitative estimate of drug-likeness (QED) is 0.822. The zero-order valence-electron chi connectivity index (χ0n) is 14.1. The van der Waals surface area contributed by atoms with Gasteiger partial charge in [0.1, 0.15) is 5.75 Å². The molecule has 3 aliphatic rings. The Hall–Kier alpha value is -2.41. The van der Waals surface area contributed by atoms with Gasteiger partial charge in [0.2, 0.25) is 0 Å². The van der Waals surface area contributed by atoms with E-state index < -0.39 is 23.8 Å². The zero-order chi connectivity index (χ0) is 17.7. The molecule has 3 fully saturated rings. The summed E-state index contributed by atoms with van der Waals surface area (Å²) in [6.45, 7) is 3.50. The van der Waals surface area contributed by atoms with Gasteiger partial charge in [0, 0.05) is 0 Å². The molecule has 1 N–H and O–H groups in total. The summed E-state index contributed by atoms with van der Waals surface area (Å²) >= 11 is 0. The maximum atomic E-state index is 12.5. The lowest BCUT2D eigenvalue weighted by atomic mass is 9.81. The number of nitrogens with zero attached hydrogens (tertiary/aromatic N) is 1. The molecule has 25 heavy (non-hydrogen) atoms. The Morgan fingerprint density at radius 1 is 1.24 bits per heavy atom. The Bertz CT molecular complexity index is 721. The highest BCUT2D eigenvalue weighted by atomic mass is 16.5. The van der Waals surface area contributed by atoms with Crippen LogP contribution < -0.4 is 10.2 Å². The first-order chi connectivity index (χ1) is 12.0. The van der Waals surface area contributed by atoms with Crippen LogP contribution in [-0.4, -0.2) is 41.0 Å². The first-order valence-corrected chi connectivity index (χ1v) is 8.53. The van der Waals surface area contributed by atoms with E-state index in [1.807, 2.05) is 25.1 Å². The highest BCUT2D eigenvalue weighted by molar-refractivity contribution is 6.07. The van der Waals surface area contributed by atoms with E-state index in [0.717, 1.165) is 23.4 Å². The molecule has 3 aliphatic heterocycles. The van der Waals surface area contributed by atoms with Gasteiger partial charge < -0.3 is 9.47 Å². The van der Waals surface area contributed by atoms with Crippen LogP contribution in [0.15, 0.2) is 24.3 Å². The largest absolute Gasteiger partial charge is 0.481 e. The molecule has 1 aromatic rings. The third-order valence-electron chi connectivity index (χ3n) is 5.18. The van der Waals surface area contributed by atoms with Crippen LogP contribution in [0.25, 0.3) is 0 Å². The summed E-state index contributed by atoms with van der Waals surface area (Å²) in [6, 6.07) is 7.33. The highest BCUT2D eigenvalue weighted by Crippen LogP contribution is 2.48. The van der Waals surface area contributed by atoms with E-state index >= 15 is 0 Å². The van der Waals surface area contributed by atoms with Crippen LogP contribution >= 0.6 is 0 Å². The fourth-order valence-electron chi connectivity index (χ4n) is 3.97. The summed E-state index contributed by atoms with van der Waals surface area (Å²) in [7, 11) is 0. The molecule has 0 aromatic heterocycles. The second-order valence-electron chi connectivity index (χ2n) is 6.91. The number of aryl methyl sites for hydroxylation is 1. The van der Waals surface area contributed by atoms with Gasteiger partial charge in [0.15, 0.2) is 6.10 Å². The number of ether oxygens (including phenoxy) is 2. The van der Waals surface area contributed by atoms with E-state index in [-0.39, 0.29) is 24.0 Å². The van der Waals surface area contributed by atoms with E-state index in [0.29, 0.717) is 5.75 Å². The van der Waals surface area contributed by atoms with Crippen molar-refractivity contribution in [3.05, 3.63) is 29.8 Å². The van der Waals surface area contributed by atoms with Crippen LogP contribution in [0.5, 0.6) is 5.75 Å². The molecule has 3 heterocycles. The Kier molecular flexibility index (Phi) is 3.76. The fourth-order valence-corrected chi connectivity index (χ4v) is 3.97. The molecule has 0 radical (unpaired) electrons. The molecule has 3 amide bonds. The number of hydrazine groups is 1. The molecule has 0 unspecified atom stereocenters. The topological polar surface area (TPSA) is 84.9 Å². The summed E-state index contributed by atoms with van der Waals surface area (Å²) < 4.78 is 11.3. The lowest BCUT2D eigenvalue weighted by molar-refractivity contribution is -0.153. The van der Waals surface area contributed by atoms with Crippen molar-refractivity contribution in [3.63, 3.8) is 0 Å². The van der Waals surface area contributed by atoms with Crippen molar-refractivity contribution in [2.45, 2.75) is 45.0 Å². The van der Waals surface area contributed by atoms with Gasteiger partial charge in [-0.15, -0.1) is 0 Å². The number of rotatable bonds is 4. The van der Waals surface area contributed by atoms with Crippen molar-refractivity contribution in [1.82, 2.24) is 10.4 Å². The number of carbonyl (C=O) groups excluding carboxylic acids is 3. The van der Waals surface area contributed by atoms with E-state index in [1.54, 1.807) is 13.0 Å². The van der Waals surface area contributed by atoms with Gasteiger partial charge in [-0.1, -0.05) is 12.1 Å². The van der Waals surface area contributed by atoms with Gasteiger partial charge in [-0.05, 0) is 44.4 Å². The minimum Gasteiger partial charge on any atom is -0.481 e. The van der Waals surface area contributed by atoms with Crippen molar-refractivity contribution in [2.24, 2.45) is 11.8 Å². The zero-order valence-corrected chi connectivity index (χ0v) is 14.1. The number of fused-ring (bicyclic) bond motifs is 5. The highest BCUT2D eigenvalue weighted by Gasteiger charge is 2.63. The Morgan fingerprint density at radius 3 is 2.48 bits per heavy atom. The summed E-state index contributed by atoms with van der Waals surface area (Å²) in [4.78, 5) is 37.4. The first kappa shape index (κ1) is 16.1. The lowest BCUT2D eigenvalue weighted by Gasteiger charge is -2.21. The van der Waals surface area contributed by atoms with Crippen molar-refractivity contribution < 1.29 is 23.9 Å². The van der Waals surface area contributed by atoms with E-state index in [2.05, 4.69) is 5.43 Å². The predicted octanol–water partition coefficient (Wildman–Crippen LogP) is 0.956. The van der Waals surface area contributed by atoms with Crippen LogP contribution in [0.2, 0.25) is 0 Å². The number of benzene rings is 1. The molecule has 0 saturated carbocycles. The second kappa shape index (κ2) is 5.84. The molecule has 7 nitrogen and oxygen atoms in total. The Labute approximate surface area is 145 Å². The fraction of sp³-hybridized carbons (Fsp3) is 0.500. The third kappa shape index (κ3) is 2.59. The lowest BCUT2D eigenvalue weighted by Crippen LogP contribution is -2.51. The van der Waals surface area contributed by atoms with Crippen LogP contribution in [0.1, 0.15) is 25.3 Å². The van der Waals surface area contributed by atoms with Gasteiger partial charge in [-0.25, -0.2) is 0 Å². The summed E-state index contributed by atoms with van der Waals surface area (Å²) in [5.74, 6) is -1.64. The molecular weight excluding hydrogens is 324 g/mol. The molecule has 3 saturated heterocycles. The van der Waals surface area contributed by atoms with Gasteiger partial charge in [0.25, 0.3) is 17.7 Å². The van der Waals surface area contributed by atoms with E-state index in [1.165, 1.54) is 0 Å². The number of hydrogen-bond donors (Lipinski definition) is 1. The number of hydrogen-bond acceptors (Lipinski definition) is 5. The predicted molar refractivity (Wildman–Crippen MR) is 86.1 cm³/mol. The molecule has 5 atom stereocenters. The minimum atomic E-state index is -0.837. The SMILES string of the molecule is Cc1cccc(O[C@@H](C)C(=O)NN2C(=O)[C@@H]3[C@@H](C2=O)[C@@H]2CC[C@@H]3O2)c1. The summed E-state index contributed by atoms with van der Waals surface area (Å²) in [5.41, 5.74) is 3.44. The molecule has 0 spiro atoms.